The molecular formula is C13H17BrCl2N2O. The third kappa shape index (κ3) is 6.13. The van der Waals surface area contributed by atoms with Gasteiger partial charge in [0, 0.05) is 19.6 Å². The van der Waals surface area contributed by atoms with Crippen LogP contribution in [0.2, 0.25) is 10.0 Å². The van der Waals surface area contributed by atoms with Crippen LogP contribution in [0.4, 0.5) is 0 Å². The molecule has 0 aliphatic carbocycles. The summed E-state index contributed by atoms with van der Waals surface area (Å²) < 4.78 is 0. The molecule has 19 heavy (non-hydrogen) atoms. The Kier molecular flexibility index (Phi) is 7.15. The van der Waals surface area contributed by atoms with Gasteiger partial charge in [-0.05, 0) is 31.7 Å². The fraction of sp³-hybridized carbons (Fsp3) is 0.462. The largest absolute Gasteiger partial charge is 0.354 e. The number of benzene rings is 1. The molecule has 1 aromatic carbocycles. The molecule has 0 spiro atoms. The molecule has 0 aromatic heterocycles. The highest BCUT2D eigenvalue weighted by Crippen LogP contribution is 2.22. The SMILES string of the molecule is CC(Br)C(=O)NCCN(C)Cc1ccc(Cl)c(Cl)c1. The van der Waals surface area contributed by atoms with Crippen molar-refractivity contribution in [2.45, 2.75) is 18.3 Å². The van der Waals surface area contributed by atoms with Crippen molar-refractivity contribution in [3.63, 3.8) is 0 Å². The standard InChI is InChI=1S/C13H17BrCl2N2O/c1-9(14)13(19)17-5-6-18(2)8-10-3-4-11(15)12(16)7-10/h3-4,7,9H,5-6,8H2,1-2H3,(H,17,19). The van der Waals surface area contributed by atoms with E-state index < -0.39 is 0 Å². The molecule has 1 atom stereocenters. The molecule has 1 N–H and O–H groups in total. The molecule has 0 bridgehead atoms. The van der Waals surface area contributed by atoms with Crippen molar-refractivity contribution in [2.75, 3.05) is 20.1 Å². The molecule has 6 heteroatoms. The van der Waals surface area contributed by atoms with Gasteiger partial charge in [-0.1, -0.05) is 45.2 Å². The molecule has 0 heterocycles. The summed E-state index contributed by atoms with van der Waals surface area (Å²) in [5.41, 5.74) is 1.09. The van der Waals surface area contributed by atoms with E-state index >= 15 is 0 Å². The van der Waals surface area contributed by atoms with Gasteiger partial charge >= 0.3 is 0 Å². The highest BCUT2D eigenvalue weighted by Gasteiger charge is 2.08. The molecule has 0 aliphatic heterocycles. The molecule has 106 valence electrons. The van der Waals surface area contributed by atoms with Crippen LogP contribution >= 0.6 is 39.1 Å². The van der Waals surface area contributed by atoms with Crippen molar-refractivity contribution >= 4 is 45.0 Å². The smallest absolute Gasteiger partial charge is 0.233 e. The molecule has 1 unspecified atom stereocenters. The van der Waals surface area contributed by atoms with Crippen molar-refractivity contribution < 1.29 is 4.79 Å². The van der Waals surface area contributed by atoms with Gasteiger partial charge in [-0.15, -0.1) is 0 Å². The Morgan fingerprint density at radius 1 is 1.42 bits per heavy atom. The maximum absolute atomic E-state index is 11.4. The Morgan fingerprint density at radius 3 is 2.68 bits per heavy atom. The van der Waals surface area contributed by atoms with E-state index in [-0.39, 0.29) is 10.7 Å². The summed E-state index contributed by atoms with van der Waals surface area (Å²) in [6.07, 6.45) is 0. The van der Waals surface area contributed by atoms with E-state index in [1.165, 1.54) is 0 Å². The van der Waals surface area contributed by atoms with E-state index in [0.717, 1.165) is 18.7 Å². The average molecular weight is 368 g/mol. The summed E-state index contributed by atoms with van der Waals surface area (Å²) in [5, 5.41) is 3.97. The lowest BCUT2D eigenvalue weighted by atomic mass is 10.2. The van der Waals surface area contributed by atoms with Gasteiger partial charge in [0.15, 0.2) is 0 Å². The zero-order valence-corrected chi connectivity index (χ0v) is 14.0. The van der Waals surface area contributed by atoms with Crippen molar-refractivity contribution in [3.05, 3.63) is 33.8 Å². The minimum Gasteiger partial charge on any atom is -0.354 e. The number of likely N-dealkylation sites (N-methyl/N-ethyl adjacent to an activating group) is 1. The Morgan fingerprint density at radius 2 is 2.11 bits per heavy atom. The lowest BCUT2D eigenvalue weighted by Crippen LogP contribution is -2.35. The first-order valence-corrected chi connectivity index (χ1v) is 7.61. The second-order valence-corrected chi connectivity index (χ2v) is 6.58. The number of rotatable bonds is 6. The molecule has 1 amide bonds. The van der Waals surface area contributed by atoms with E-state index in [2.05, 4.69) is 26.1 Å². The van der Waals surface area contributed by atoms with Gasteiger partial charge in [-0.2, -0.15) is 0 Å². The molecule has 0 radical (unpaired) electrons. The Labute approximate surface area is 132 Å². The summed E-state index contributed by atoms with van der Waals surface area (Å²) in [6, 6.07) is 5.60. The van der Waals surface area contributed by atoms with E-state index in [9.17, 15) is 4.79 Å². The van der Waals surface area contributed by atoms with Crippen LogP contribution in [0.3, 0.4) is 0 Å². The Hall–Kier alpha value is -0.290. The molecule has 0 saturated carbocycles. The van der Waals surface area contributed by atoms with Crippen molar-refractivity contribution in [2.24, 2.45) is 0 Å². The maximum atomic E-state index is 11.4. The first-order valence-electron chi connectivity index (χ1n) is 5.94. The van der Waals surface area contributed by atoms with E-state index in [0.29, 0.717) is 16.6 Å². The maximum Gasteiger partial charge on any atom is 0.233 e. The second kappa shape index (κ2) is 8.10. The highest BCUT2D eigenvalue weighted by atomic mass is 79.9. The molecule has 0 saturated heterocycles. The predicted octanol–water partition coefficient (Wildman–Crippen LogP) is 3.32. The van der Waals surface area contributed by atoms with Crippen LogP contribution in [0.1, 0.15) is 12.5 Å². The number of alkyl halides is 1. The van der Waals surface area contributed by atoms with Gasteiger partial charge in [0.2, 0.25) is 5.91 Å². The van der Waals surface area contributed by atoms with Crippen LogP contribution in [0, 0.1) is 0 Å². The predicted molar refractivity (Wildman–Crippen MR) is 84.2 cm³/mol. The van der Waals surface area contributed by atoms with Gasteiger partial charge in [0.25, 0.3) is 0 Å². The monoisotopic (exact) mass is 366 g/mol. The number of hydrogen-bond donors (Lipinski definition) is 1. The van der Waals surface area contributed by atoms with Gasteiger partial charge in [0.1, 0.15) is 0 Å². The number of amides is 1. The molecular weight excluding hydrogens is 351 g/mol. The van der Waals surface area contributed by atoms with Crippen LogP contribution < -0.4 is 5.32 Å². The fourth-order valence-electron chi connectivity index (χ4n) is 1.54. The van der Waals surface area contributed by atoms with Gasteiger partial charge in [-0.3, -0.25) is 4.79 Å². The van der Waals surface area contributed by atoms with Crippen molar-refractivity contribution in [1.29, 1.82) is 0 Å². The number of halogens is 3. The zero-order chi connectivity index (χ0) is 14.4. The first-order chi connectivity index (χ1) is 8.90. The first kappa shape index (κ1) is 16.8. The molecule has 0 aliphatic rings. The lowest BCUT2D eigenvalue weighted by Gasteiger charge is -2.17. The number of carbonyl (C=O) groups excluding carboxylic acids is 1. The van der Waals surface area contributed by atoms with Gasteiger partial charge in [-0.25, -0.2) is 0 Å². The number of nitrogens with zero attached hydrogens (tertiary/aromatic N) is 1. The Bertz CT molecular complexity index is 441. The van der Waals surface area contributed by atoms with Crippen molar-refractivity contribution in [1.82, 2.24) is 10.2 Å². The van der Waals surface area contributed by atoms with Crippen LogP contribution in [0.5, 0.6) is 0 Å². The third-order valence-corrected chi connectivity index (χ3v) is 3.75. The number of nitrogens with one attached hydrogen (secondary N) is 1. The van der Waals surface area contributed by atoms with Crippen molar-refractivity contribution in [3.8, 4) is 0 Å². The number of carbonyl (C=O) groups is 1. The van der Waals surface area contributed by atoms with E-state index in [1.54, 1.807) is 13.0 Å². The summed E-state index contributed by atoms with van der Waals surface area (Å²) in [4.78, 5) is 13.3. The zero-order valence-electron chi connectivity index (χ0n) is 10.9. The quantitative estimate of drug-likeness (QED) is 0.782. The average Bonchev–Trinajstić information content (AvgIpc) is 2.33. The lowest BCUT2D eigenvalue weighted by molar-refractivity contribution is -0.120. The fourth-order valence-corrected chi connectivity index (χ4v) is 2.02. The van der Waals surface area contributed by atoms with E-state index in [1.807, 2.05) is 19.2 Å². The molecule has 1 aromatic rings. The molecule has 0 fully saturated rings. The molecule has 1 rings (SSSR count). The Balaban J connectivity index is 2.36. The van der Waals surface area contributed by atoms with Crippen LogP contribution in [0.15, 0.2) is 18.2 Å². The van der Waals surface area contributed by atoms with Gasteiger partial charge < -0.3 is 10.2 Å². The summed E-state index contributed by atoms with van der Waals surface area (Å²) >= 11 is 15.1. The topological polar surface area (TPSA) is 32.3 Å². The third-order valence-electron chi connectivity index (χ3n) is 2.59. The van der Waals surface area contributed by atoms with Crippen LogP contribution in [0.25, 0.3) is 0 Å². The number of hydrogen-bond acceptors (Lipinski definition) is 2. The second-order valence-electron chi connectivity index (χ2n) is 4.39. The highest BCUT2D eigenvalue weighted by molar-refractivity contribution is 9.10. The summed E-state index contributed by atoms with van der Waals surface area (Å²) in [5.74, 6) is 0.00272. The van der Waals surface area contributed by atoms with Crippen LogP contribution in [-0.4, -0.2) is 35.8 Å². The molecule has 3 nitrogen and oxygen atoms in total. The minimum atomic E-state index is -0.159. The summed E-state index contributed by atoms with van der Waals surface area (Å²) in [6.45, 7) is 3.95. The van der Waals surface area contributed by atoms with Gasteiger partial charge in [0.05, 0.1) is 14.9 Å². The van der Waals surface area contributed by atoms with E-state index in [4.69, 9.17) is 23.2 Å². The normalized spacial score (nSPS) is 12.5. The summed E-state index contributed by atoms with van der Waals surface area (Å²) in [7, 11) is 1.99. The minimum absolute atomic E-state index is 0.00272. The van der Waals surface area contributed by atoms with Crippen LogP contribution in [-0.2, 0) is 11.3 Å².